The molecule has 2 aliphatic heterocycles. The maximum absolute atomic E-state index is 12.3. The third kappa shape index (κ3) is 5.28. The molecular weight excluding hydrogens is 362 g/mol. The minimum Gasteiger partial charge on any atom is -0.330 e. The zero-order chi connectivity index (χ0) is 19.3. The number of hydroxylamine groups is 2. The molecule has 0 spiro atoms. The number of likely N-dealkylation sites (tertiary alicyclic amines) is 1. The average Bonchev–Trinajstić information content (AvgIpc) is 3.03. The topological polar surface area (TPSA) is 113 Å². The zero-order valence-corrected chi connectivity index (χ0v) is 15.7. The summed E-state index contributed by atoms with van der Waals surface area (Å²) in [6.45, 7) is 4.68. The quantitative estimate of drug-likeness (QED) is 0.430. The number of nitrogens with zero attached hydrogens (tertiary/aromatic N) is 2. The van der Waals surface area contributed by atoms with Gasteiger partial charge in [0.15, 0.2) is 0 Å². The molecule has 2 fully saturated rings. The molecule has 0 radical (unpaired) electrons. The lowest BCUT2D eigenvalue weighted by molar-refractivity contribution is -0.197. The number of hydrogen-bond donors (Lipinski definition) is 1. The molecule has 0 aromatic rings. The van der Waals surface area contributed by atoms with Gasteiger partial charge in [0, 0.05) is 44.1 Å². The minimum absolute atomic E-state index is 0.0137. The third-order valence-corrected chi connectivity index (χ3v) is 5.13. The van der Waals surface area contributed by atoms with Crippen LogP contribution in [0.2, 0.25) is 0 Å². The van der Waals surface area contributed by atoms with E-state index < -0.39 is 23.0 Å². The first kappa shape index (κ1) is 20.4. The molecule has 9 nitrogen and oxygen atoms in total. The monoisotopic (exact) mass is 385 g/mol. The van der Waals surface area contributed by atoms with Gasteiger partial charge in [-0.3, -0.25) is 24.1 Å². The Morgan fingerprint density at radius 2 is 1.85 bits per heavy atom. The van der Waals surface area contributed by atoms with Crippen molar-refractivity contribution in [3.05, 3.63) is 0 Å². The average molecular weight is 385 g/mol. The summed E-state index contributed by atoms with van der Waals surface area (Å²) >= 11 is 1.41. The van der Waals surface area contributed by atoms with Gasteiger partial charge in [-0.05, 0) is 0 Å². The van der Waals surface area contributed by atoms with E-state index in [-0.39, 0.29) is 44.0 Å². The summed E-state index contributed by atoms with van der Waals surface area (Å²) in [7, 11) is 0. The van der Waals surface area contributed by atoms with Gasteiger partial charge >= 0.3 is 5.97 Å². The minimum atomic E-state index is -0.827. The van der Waals surface area contributed by atoms with Gasteiger partial charge in [0.25, 0.3) is 11.8 Å². The molecule has 1 atom stereocenters. The molecule has 0 bridgehead atoms. The van der Waals surface area contributed by atoms with Gasteiger partial charge in [-0.1, -0.05) is 13.8 Å². The fourth-order valence-electron chi connectivity index (χ4n) is 2.58. The Bertz CT molecular complexity index is 593. The van der Waals surface area contributed by atoms with Crippen molar-refractivity contribution in [2.45, 2.75) is 50.8 Å². The van der Waals surface area contributed by atoms with Crippen molar-refractivity contribution in [2.24, 2.45) is 0 Å². The highest BCUT2D eigenvalue weighted by Gasteiger charge is 2.39. The van der Waals surface area contributed by atoms with Crippen LogP contribution in [-0.4, -0.2) is 69.7 Å². The van der Waals surface area contributed by atoms with E-state index in [2.05, 4.69) is 5.32 Å². The third-order valence-electron chi connectivity index (χ3n) is 3.91. The van der Waals surface area contributed by atoms with Crippen molar-refractivity contribution in [1.82, 2.24) is 15.3 Å². The molecule has 144 valence electrons. The maximum Gasteiger partial charge on any atom is 0.335 e. The fourth-order valence-corrected chi connectivity index (χ4v) is 3.63. The first-order chi connectivity index (χ1) is 12.3. The number of imide groups is 2. The molecular formula is C16H23N3O6S. The largest absolute Gasteiger partial charge is 0.335 e. The van der Waals surface area contributed by atoms with E-state index in [0.717, 1.165) is 11.4 Å². The Balaban J connectivity index is 1.75. The highest BCUT2D eigenvalue weighted by molar-refractivity contribution is 8.00. The predicted molar refractivity (Wildman–Crippen MR) is 92.5 cm³/mol. The van der Waals surface area contributed by atoms with E-state index >= 15 is 0 Å². The number of thioether (sulfide) groups is 1. The van der Waals surface area contributed by atoms with Crippen molar-refractivity contribution >= 4 is 41.4 Å². The van der Waals surface area contributed by atoms with E-state index in [1.807, 2.05) is 13.8 Å². The summed E-state index contributed by atoms with van der Waals surface area (Å²) in [5.74, 6) is -1.90. The van der Waals surface area contributed by atoms with E-state index in [1.165, 1.54) is 11.8 Å². The van der Waals surface area contributed by atoms with Crippen LogP contribution in [0.5, 0.6) is 0 Å². The summed E-state index contributed by atoms with van der Waals surface area (Å²) in [6.07, 6.45) is -0.121. The number of carbonyl (C=O) groups excluding carboxylic acids is 5. The normalized spacial score (nSPS) is 20.7. The van der Waals surface area contributed by atoms with Crippen molar-refractivity contribution in [2.75, 3.05) is 18.8 Å². The lowest BCUT2D eigenvalue weighted by Crippen LogP contribution is -2.36. The van der Waals surface area contributed by atoms with Crippen LogP contribution in [0.25, 0.3) is 0 Å². The molecule has 0 saturated carbocycles. The maximum atomic E-state index is 12.3. The Kier molecular flexibility index (Phi) is 7.15. The number of rotatable bonds is 9. The molecule has 2 rings (SSSR count). The second-order valence-corrected chi connectivity index (χ2v) is 7.66. The van der Waals surface area contributed by atoms with Crippen LogP contribution < -0.4 is 5.32 Å². The van der Waals surface area contributed by atoms with Crippen LogP contribution in [0, 0.1) is 0 Å². The summed E-state index contributed by atoms with van der Waals surface area (Å²) < 4.78 is 0. The van der Waals surface area contributed by atoms with Gasteiger partial charge in [0.1, 0.15) is 0 Å². The van der Waals surface area contributed by atoms with Crippen LogP contribution in [0.1, 0.15) is 39.5 Å². The van der Waals surface area contributed by atoms with Crippen molar-refractivity contribution in [3.8, 4) is 0 Å². The molecule has 2 aliphatic rings. The van der Waals surface area contributed by atoms with Crippen LogP contribution >= 0.6 is 11.8 Å². The van der Waals surface area contributed by atoms with Crippen LogP contribution in [0.15, 0.2) is 0 Å². The van der Waals surface area contributed by atoms with Gasteiger partial charge in [-0.15, -0.1) is 16.8 Å². The second kappa shape index (κ2) is 9.13. The van der Waals surface area contributed by atoms with Crippen molar-refractivity contribution < 1.29 is 28.8 Å². The number of carbonyl (C=O) groups is 5. The van der Waals surface area contributed by atoms with E-state index in [1.54, 1.807) is 0 Å². The predicted octanol–water partition coefficient (Wildman–Crippen LogP) is -0.158. The van der Waals surface area contributed by atoms with Crippen molar-refractivity contribution in [1.29, 1.82) is 0 Å². The highest BCUT2D eigenvalue weighted by atomic mass is 32.2. The fraction of sp³-hybridized carbons (Fsp3) is 0.688. The van der Waals surface area contributed by atoms with E-state index in [0.29, 0.717) is 16.9 Å². The SMILES string of the molecule is CC(C)NCCSC1CC(=O)N(CCC(=O)ON2C(=O)CCC2=O)C1=O. The summed E-state index contributed by atoms with van der Waals surface area (Å²) in [5.41, 5.74) is 0. The Hall–Kier alpha value is -1.94. The summed E-state index contributed by atoms with van der Waals surface area (Å²) in [5, 5.41) is 3.26. The Labute approximate surface area is 155 Å². The summed E-state index contributed by atoms with van der Waals surface area (Å²) in [6, 6.07) is 0.355. The zero-order valence-electron chi connectivity index (χ0n) is 14.9. The standard InChI is InChI=1S/C16H23N3O6S/c1-10(2)17-6-8-26-11-9-14(22)18(16(11)24)7-5-15(23)25-19-12(20)3-4-13(19)21/h10-11,17H,3-9H2,1-2H3. The molecule has 2 saturated heterocycles. The first-order valence-electron chi connectivity index (χ1n) is 8.55. The van der Waals surface area contributed by atoms with E-state index in [4.69, 9.17) is 4.84 Å². The van der Waals surface area contributed by atoms with Crippen molar-refractivity contribution in [3.63, 3.8) is 0 Å². The Morgan fingerprint density at radius 3 is 2.46 bits per heavy atom. The number of hydrogen-bond acceptors (Lipinski definition) is 8. The lowest BCUT2D eigenvalue weighted by atomic mass is 10.4. The van der Waals surface area contributed by atoms with Crippen LogP contribution in [0.3, 0.4) is 0 Å². The van der Waals surface area contributed by atoms with E-state index in [9.17, 15) is 24.0 Å². The van der Waals surface area contributed by atoms with Gasteiger partial charge in [-0.25, -0.2) is 4.79 Å². The van der Waals surface area contributed by atoms with Crippen LogP contribution in [0.4, 0.5) is 0 Å². The van der Waals surface area contributed by atoms with Gasteiger partial charge < -0.3 is 10.2 Å². The van der Waals surface area contributed by atoms with Gasteiger partial charge in [0.05, 0.1) is 11.7 Å². The molecule has 0 aromatic heterocycles. The molecule has 1 N–H and O–H groups in total. The molecule has 0 aliphatic carbocycles. The van der Waals surface area contributed by atoms with Gasteiger partial charge in [0.2, 0.25) is 11.8 Å². The number of amides is 4. The molecule has 4 amide bonds. The smallest absolute Gasteiger partial charge is 0.330 e. The molecule has 1 unspecified atom stereocenters. The van der Waals surface area contributed by atoms with Crippen LogP contribution in [-0.2, 0) is 28.8 Å². The first-order valence-corrected chi connectivity index (χ1v) is 9.60. The molecule has 0 aromatic carbocycles. The Morgan fingerprint density at radius 1 is 1.19 bits per heavy atom. The lowest BCUT2D eigenvalue weighted by Gasteiger charge is -2.16. The molecule has 2 heterocycles. The highest BCUT2D eigenvalue weighted by Crippen LogP contribution is 2.25. The van der Waals surface area contributed by atoms with Gasteiger partial charge in [-0.2, -0.15) is 0 Å². The molecule has 10 heteroatoms. The number of nitrogens with one attached hydrogen (secondary N) is 1. The molecule has 26 heavy (non-hydrogen) atoms. The second-order valence-electron chi connectivity index (χ2n) is 6.35. The summed E-state index contributed by atoms with van der Waals surface area (Å²) in [4.78, 5) is 64.7.